The summed E-state index contributed by atoms with van der Waals surface area (Å²) < 4.78 is 25.3. The number of allylic oxidation sites excluding steroid dienone is 1. The second kappa shape index (κ2) is 5.10. The van der Waals surface area contributed by atoms with Crippen molar-refractivity contribution < 1.29 is 13.9 Å². The average Bonchev–Trinajstić information content (AvgIpc) is 2.14. The molecule has 0 aliphatic heterocycles. The van der Waals surface area contributed by atoms with Gasteiger partial charge in [-0.05, 0) is 12.5 Å². The Morgan fingerprint density at radius 1 is 1.29 bits per heavy atom. The Morgan fingerprint density at radius 3 is 2.57 bits per heavy atom. The summed E-state index contributed by atoms with van der Waals surface area (Å²) in [5, 5.41) is 10.0. The second-order valence-electron chi connectivity index (χ2n) is 2.71. The molecule has 76 valence electrons. The van der Waals surface area contributed by atoms with Crippen LogP contribution in [0.15, 0.2) is 18.2 Å². The molecule has 0 aromatic heterocycles. The third-order valence-corrected chi connectivity index (χ3v) is 2.10. The summed E-state index contributed by atoms with van der Waals surface area (Å²) in [5.41, 5.74) is 0.282. The van der Waals surface area contributed by atoms with Gasteiger partial charge >= 0.3 is 0 Å². The lowest BCUT2D eigenvalue weighted by Crippen LogP contribution is -1.85. The van der Waals surface area contributed by atoms with Crippen LogP contribution in [0.25, 0.3) is 6.08 Å². The zero-order chi connectivity index (χ0) is 10.6. The molecule has 1 aromatic rings. The molecule has 1 rings (SSSR count). The van der Waals surface area contributed by atoms with Crippen LogP contribution in [0.2, 0.25) is 0 Å². The predicted molar refractivity (Wildman–Crippen MR) is 55.5 cm³/mol. The molecule has 1 nitrogen and oxygen atoms in total. The Hall–Kier alpha value is -0.900. The number of benzene rings is 1. The van der Waals surface area contributed by atoms with Crippen molar-refractivity contribution in [2.75, 3.05) is 5.33 Å². The van der Waals surface area contributed by atoms with E-state index in [9.17, 15) is 13.9 Å². The molecule has 1 N–H and O–H groups in total. The van der Waals surface area contributed by atoms with E-state index in [-0.39, 0.29) is 11.3 Å². The molecule has 0 bridgehead atoms. The number of rotatable bonds is 3. The summed E-state index contributed by atoms with van der Waals surface area (Å²) in [7, 11) is 0. The van der Waals surface area contributed by atoms with Crippen molar-refractivity contribution in [2.45, 2.75) is 6.42 Å². The molecule has 0 amide bonds. The van der Waals surface area contributed by atoms with Crippen LogP contribution in [0.1, 0.15) is 12.0 Å². The van der Waals surface area contributed by atoms with E-state index in [1.165, 1.54) is 0 Å². The first-order valence-electron chi connectivity index (χ1n) is 4.05. The van der Waals surface area contributed by atoms with E-state index in [1.54, 1.807) is 12.2 Å². The first-order valence-corrected chi connectivity index (χ1v) is 5.18. The van der Waals surface area contributed by atoms with Gasteiger partial charge in [0.25, 0.3) is 0 Å². The molecule has 0 spiro atoms. The van der Waals surface area contributed by atoms with E-state index in [1.807, 2.05) is 0 Å². The SMILES string of the molecule is Oc1cc(F)c(F)cc1C=CCCBr. The number of halogens is 3. The van der Waals surface area contributed by atoms with Gasteiger partial charge in [0.15, 0.2) is 11.6 Å². The van der Waals surface area contributed by atoms with Crippen molar-refractivity contribution >= 4 is 22.0 Å². The second-order valence-corrected chi connectivity index (χ2v) is 3.50. The number of phenolic OH excluding ortho intramolecular Hbond substituents is 1. The van der Waals surface area contributed by atoms with Crippen molar-refractivity contribution in [3.63, 3.8) is 0 Å². The number of hydrogen-bond acceptors (Lipinski definition) is 1. The van der Waals surface area contributed by atoms with Gasteiger partial charge < -0.3 is 5.11 Å². The molecule has 14 heavy (non-hydrogen) atoms. The van der Waals surface area contributed by atoms with Crippen LogP contribution in [0.4, 0.5) is 8.78 Å². The van der Waals surface area contributed by atoms with Crippen LogP contribution >= 0.6 is 15.9 Å². The maximum Gasteiger partial charge on any atom is 0.162 e. The van der Waals surface area contributed by atoms with Crippen molar-refractivity contribution in [3.8, 4) is 5.75 Å². The highest BCUT2D eigenvalue weighted by atomic mass is 79.9. The van der Waals surface area contributed by atoms with Crippen molar-refractivity contribution in [1.29, 1.82) is 0 Å². The van der Waals surface area contributed by atoms with Crippen LogP contribution in [-0.2, 0) is 0 Å². The highest BCUT2D eigenvalue weighted by Gasteiger charge is 2.06. The number of hydrogen-bond donors (Lipinski definition) is 1. The molecule has 0 heterocycles. The molecular formula is C10H9BrF2O. The first kappa shape index (κ1) is 11.2. The van der Waals surface area contributed by atoms with E-state index in [2.05, 4.69) is 15.9 Å². The van der Waals surface area contributed by atoms with E-state index in [0.29, 0.717) is 0 Å². The zero-order valence-corrected chi connectivity index (χ0v) is 8.89. The largest absolute Gasteiger partial charge is 0.507 e. The molecule has 0 fully saturated rings. The van der Waals surface area contributed by atoms with Crippen LogP contribution in [0.3, 0.4) is 0 Å². The van der Waals surface area contributed by atoms with Gasteiger partial charge in [0.1, 0.15) is 5.75 Å². The Bertz CT molecular complexity index is 350. The first-order chi connectivity index (χ1) is 6.65. The third-order valence-electron chi connectivity index (χ3n) is 1.64. The molecule has 0 unspecified atom stereocenters. The lowest BCUT2D eigenvalue weighted by Gasteiger charge is -1.99. The Kier molecular flexibility index (Phi) is 4.07. The Balaban J connectivity index is 2.92. The third kappa shape index (κ3) is 2.80. The molecule has 0 atom stereocenters. The molecular weight excluding hydrogens is 254 g/mol. The standard InChI is InChI=1S/C10H9BrF2O/c11-4-2-1-3-7-5-8(12)9(13)6-10(7)14/h1,3,5-6,14H,2,4H2. The predicted octanol–water partition coefficient (Wildman–Crippen LogP) is 3.47. The maximum absolute atomic E-state index is 12.7. The van der Waals surface area contributed by atoms with E-state index in [4.69, 9.17) is 0 Å². The van der Waals surface area contributed by atoms with Gasteiger partial charge in [0, 0.05) is 17.0 Å². The van der Waals surface area contributed by atoms with Crippen molar-refractivity contribution in [2.24, 2.45) is 0 Å². The molecule has 4 heteroatoms. The summed E-state index contributed by atoms with van der Waals surface area (Å²) in [6, 6.07) is 1.73. The normalized spacial score (nSPS) is 11.1. The number of aromatic hydroxyl groups is 1. The van der Waals surface area contributed by atoms with E-state index in [0.717, 1.165) is 23.9 Å². The zero-order valence-electron chi connectivity index (χ0n) is 7.30. The maximum atomic E-state index is 12.7. The highest BCUT2D eigenvalue weighted by Crippen LogP contribution is 2.22. The monoisotopic (exact) mass is 262 g/mol. The van der Waals surface area contributed by atoms with Crippen LogP contribution in [0.5, 0.6) is 5.75 Å². The fraction of sp³-hybridized carbons (Fsp3) is 0.200. The topological polar surface area (TPSA) is 20.2 Å². The molecule has 0 saturated heterocycles. The number of phenols is 1. The number of alkyl halides is 1. The molecule has 0 aliphatic carbocycles. The summed E-state index contributed by atoms with van der Waals surface area (Å²) in [5.74, 6) is -2.25. The molecule has 0 radical (unpaired) electrons. The summed E-state index contributed by atoms with van der Waals surface area (Å²) >= 11 is 3.22. The van der Waals surface area contributed by atoms with E-state index < -0.39 is 11.6 Å². The summed E-state index contributed by atoms with van der Waals surface area (Å²) in [4.78, 5) is 0. The van der Waals surface area contributed by atoms with Gasteiger partial charge in [0.05, 0.1) is 0 Å². The minimum atomic E-state index is -1.04. The van der Waals surface area contributed by atoms with Gasteiger partial charge in [-0.25, -0.2) is 8.78 Å². The fourth-order valence-corrected chi connectivity index (χ4v) is 1.22. The van der Waals surface area contributed by atoms with Gasteiger partial charge in [-0.2, -0.15) is 0 Å². The van der Waals surface area contributed by atoms with Gasteiger partial charge in [0.2, 0.25) is 0 Å². The summed E-state index contributed by atoms with van der Waals surface area (Å²) in [6.45, 7) is 0. The van der Waals surface area contributed by atoms with Crippen molar-refractivity contribution in [3.05, 3.63) is 35.4 Å². The summed E-state index contributed by atoms with van der Waals surface area (Å²) in [6.07, 6.45) is 4.08. The lowest BCUT2D eigenvalue weighted by molar-refractivity contribution is 0.453. The van der Waals surface area contributed by atoms with Crippen LogP contribution in [-0.4, -0.2) is 10.4 Å². The van der Waals surface area contributed by atoms with Gasteiger partial charge in [-0.1, -0.05) is 28.1 Å². The van der Waals surface area contributed by atoms with Crippen molar-refractivity contribution in [1.82, 2.24) is 0 Å². The quantitative estimate of drug-likeness (QED) is 0.828. The minimum Gasteiger partial charge on any atom is -0.507 e. The Morgan fingerprint density at radius 2 is 1.93 bits per heavy atom. The van der Waals surface area contributed by atoms with Crippen LogP contribution in [0, 0.1) is 11.6 Å². The van der Waals surface area contributed by atoms with Gasteiger partial charge in [-0.15, -0.1) is 0 Å². The van der Waals surface area contributed by atoms with Gasteiger partial charge in [-0.3, -0.25) is 0 Å². The van der Waals surface area contributed by atoms with Crippen LogP contribution < -0.4 is 0 Å². The smallest absolute Gasteiger partial charge is 0.162 e. The molecule has 0 aliphatic rings. The minimum absolute atomic E-state index is 0.255. The molecule has 1 aromatic carbocycles. The highest BCUT2D eigenvalue weighted by molar-refractivity contribution is 9.09. The lowest BCUT2D eigenvalue weighted by atomic mass is 10.1. The van der Waals surface area contributed by atoms with E-state index >= 15 is 0 Å². The Labute approximate surface area is 89.2 Å². The average molecular weight is 263 g/mol. The molecule has 0 saturated carbocycles. The fourth-order valence-electron chi connectivity index (χ4n) is 0.959.